The molecule has 1 amide bonds. The lowest BCUT2D eigenvalue weighted by molar-refractivity contribution is -0.117. The van der Waals surface area contributed by atoms with Gasteiger partial charge in [-0.15, -0.1) is 4.40 Å². The van der Waals surface area contributed by atoms with Crippen molar-refractivity contribution in [3.63, 3.8) is 0 Å². The number of carbonyl (C=O) groups excluding carboxylic acids is 1. The second-order valence-electron chi connectivity index (χ2n) is 7.16. The smallest absolute Gasteiger partial charge is 0.344 e. The van der Waals surface area contributed by atoms with E-state index in [4.69, 9.17) is 0 Å². The molecule has 0 spiro atoms. The normalized spacial score (nSPS) is 18.8. The number of allylic oxidation sites excluding steroid dienone is 1. The van der Waals surface area contributed by atoms with E-state index in [-0.39, 0.29) is 18.2 Å². The summed E-state index contributed by atoms with van der Waals surface area (Å²) in [6.45, 7) is 2.35. The van der Waals surface area contributed by atoms with Crippen LogP contribution < -0.4 is 5.32 Å². The van der Waals surface area contributed by atoms with E-state index in [1.54, 1.807) is 6.92 Å². The zero-order valence-corrected chi connectivity index (χ0v) is 17.0. The molecule has 0 saturated heterocycles. The summed E-state index contributed by atoms with van der Waals surface area (Å²) in [5, 5.41) is 2.90. The highest BCUT2D eigenvalue weighted by Crippen LogP contribution is 2.20. The molecule has 1 N–H and O–H groups in total. The third-order valence-corrected chi connectivity index (χ3v) is 6.42. The highest BCUT2D eigenvalue weighted by Gasteiger charge is 2.27. The minimum atomic E-state index is -3.79. The number of rotatable bonds is 7. The van der Waals surface area contributed by atoms with Gasteiger partial charge in [0, 0.05) is 19.3 Å². The van der Waals surface area contributed by atoms with Gasteiger partial charge in [0.25, 0.3) is 5.91 Å². The second-order valence-corrected chi connectivity index (χ2v) is 8.70. The lowest BCUT2D eigenvalue weighted by atomic mass is 9.97. The Balaban J connectivity index is 1.62. The maximum Gasteiger partial charge on any atom is 0.344 e. The van der Waals surface area contributed by atoms with Crippen molar-refractivity contribution >= 4 is 21.8 Å². The summed E-state index contributed by atoms with van der Waals surface area (Å²) >= 11 is 0. The summed E-state index contributed by atoms with van der Waals surface area (Å²) in [5.41, 5.74) is 2.96. The van der Waals surface area contributed by atoms with Gasteiger partial charge in [0.15, 0.2) is 0 Å². The summed E-state index contributed by atoms with van der Waals surface area (Å²) in [6, 6.07) is 9.64. The van der Waals surface area contributed by atoms with Crippen molar-refractivity contribution in [3.8, 4) is 0 Å². The third kappa shape index (κ3) is 5.32. The zero-order chi connectivity index (χ0) is 20.0. The van der Waals surface area contributed by atoms with Gasteiger partial charge in [0.1, 0.15) is 0 Å². The van der Waals surface area contributed by atoms with Crippen molar-refractivity contribution in [2.24, 2.45) is 4.40 Å². The van der Waals surface area contributed by atoms with E-state index >= 15 is 0 Å². The first kappa shape index (κ1) is 20.3. The van der Waals surface area contributed by atoms with Crippen LogP contribution in [0.2, 0.25) is 0 Å². The number of benzene rings is 1. The van der Waals surface area contributed by atoms with Crippen molar-refractivity contribution in [2.45, 2.75) is 45.4 Å². The Morgan fingerprint density at radius 3 is 2.68 bits per heavy atom. The molecule has 1 aliphatic heterocycles. The number of amides is 1. The fraction of sp³-hybridized carbons (Fsp3) is 0.429. The molecule has 0 radical (unpaired) electrons. The molecule has 1 heterocycles. The summed E-state index contributed by atoms with van der Waals surface area (Å²) in [4.78, 5) is 12.6. The fourth-order valence-electron chi connectivity index (χ4n) is 3.43. The van der Waals surface area contributed by atoms with Crippen LogP contribution in [-0.4, -0.2) is 37.4 Å². The quantitative estimate of drug-likeness (QED) is 0.713. The van der Waals surface area contributed by atoms with Crippen LogP contribution in [0.3, 0.4) is 0 Å². The van der Waals surface area contributed by atoms with Crippen LogP contribution >= 0.6 is 0 Å². The molecule has 2 aliphatic rings. The van der Waals surface area contributed by atoms with Gasteiger partial charge in [-0.3, -0.25) is 9.10 Å². The largest absolute Gasteiger partial charge is 0.352 e. The molecule has 3 rings (SSSR count). The molecular formula is C21H27N3O3S. The zero-order valence-electron chi connectivity index (χ0n) is 16.2. The van der Waals surface area contributed by atoms with Crippen LogP contribution in [0.1, 0.15) is 44.6 Å². The molecule has 6 nitrogen and oxygen atoms in total. The molecule has 1 aromatic rings. The van der Waals surface area contributed by atoms with Gasteiger partial charge in [0.05, 0.1) is 11.3 Å². The highest BCUT2D eigenvalue weighted by molar-refractivity contribution is 7.88. The standard InChI is InChI=1S/C21H27N3O3S/c1-17-20(21(25)22-14-12-18-8-4-2-5-9-18)16-24(28(26,27)23-17)15-13-19-10-6-3-7-11-19/h3,6-8,10-11,16H,2,4-5,9,12-15H2,1H3,(H,22,25). The Bertz CT molecular complexity index is 902. The van der Waals surface area contributed by atoms with E-state index in [2.05, 4.69) is 15.8 Å². The fourth-order valence-corrected chi connectivity index (χ4v) is 4.54. The molecule has 28 heavy (non-hydrogen) atoms. The predicted octanol–water partition coefficient (Wildman–Crippen LogP) is 3.14. The molecule has 1 aromatic carbocycles. The Morgan fingerprint density at radius 2 is 1.96 bits per heavy atom. The summed E-state index contributed by atoms with van der Waals surface area (Å²) < 4.78 is 29.7. The van der Waals surface area contributed by atoms with Crippen molar-refractivity contribution < 1.29 is 13.2 Å². The minimum absolute atomic E-state index is 0.227. The van der Waals surface area contributed by atoms with Gasteiger partial charge in [-0.1, -0.05) is 42.0 Å². The SMILES string of the molecule is CC1=NS(=O)(=O)N(CCc2ccccc2)C=C1C(=O)NCCC1=CCCCC1. The summed E-state index contributed by atoms with van der Waals surface area (Å²) in [5.74, 6) is -0.280. The Labute approximate surface area is 167 Å². The summed E-state index contributed by atoms with van der Waals surface area (Å²) in [6.07, 6.45) is 9.74. The van der Waals surface area contributed by atoms with E-state index in [9.17, 15) is 13.2 Å². The Hall–Kier alpha value is -2.41. The molecule has 1 aliphatic carbocycles. The second kappa shape index (κ2) is 9.19. The van der Waals surface area contributed by atoms with Gasteiger partial charge < -0.3 is 5.32 Å². The minimum Gasteiger partial charge on any atom is -0.352 e. The van der Waals surface area contributed by atoms with Gasteiger partial charge in [-0.2, -0.15) is 8.42 Å². The van der Waals surface area contributed by atoms with Crippen LogP contribution in [-0.2, 0) is 21.4 Å². The molecule has 0 atom stereocenters. The topological polar surface area (TPSA) is 78.8 Å². The molecule has 0 fully saturated rings. The van der Waals surface area contributed by atoms with Crippen molar-refractivity contribution in [3.05, 3.63) is 59.3 Å². The highest BCUT2D eigenvalue weighted by atomic mass is 32.2. The average molecular weight is 402 g/mol. The van der Waals surface area contributed by atoms with E-state index in [1.165, 1.54) is 24.6 Å². The molecule has 0 aromatic heterocycles. The first-order valence-corrected chi connectivity index (χ1v) is 11.2. The number of hydrogen-bond donors (Lipinski definition) is 1. The average Bonchev–Trinajstić information content (AvgIpc) is 2.68. The number of carbonyl (C=O) groups is 1. The van der Waals surface area contributed by atoms with E-state index in [0.29, 0.717) is 18.5 Å². The van der Waals surface area contributed by atoms with E-state index in [1.807, 2.05) is 30.3 Å². The van der Waals surface area contributed by atoms with Crippen molar-refractivity contribution in [1.29, 1.82) is 0 Å². The third-order valence-electron chi connectivity index (χ3n) is 5.04. The van der Waals surface area contributed by atoms with Gasteiger partial charge >= 0.3 is 10.2 Å². The van der Waals surface area contributed by atoms with Crippen LogP contribution in [0.4, 0.5) is 0 Å². The van der Waals surface area contributed by atoms with Crippen molar-refractivity contribution in [2.75, 3.05) is 13.1 Å². The number of nitrogens with zero attached hydrogens (tertiary/aromatic N) is 2. The van der Waals surface area contributed by atoms with E-state index < -0.39 is 10.2 Å². The molecule has 150 valence electrons. The van der Waals surface area contributed by atoms with Crippen LogP contribution in [0.15, 0.2) is 58.2 Å². The predicted molar refractivity (Wildman–Crippen MR) is 111 cm³/mol. The van der Waals surface area contributed by atoms with Crippen molar-refractivity contribution in [1.82, 2.24) is 9.62 Å². The molecule has 0 unspecified atom stereocenters. The molecule has 0 bridgehead atoms. The van der Waals surface area contributed by atoms with Crippen LogP contribution in [0.5, 0.6) is 0 Å². The molecule has 0 saturated carbocycles. The Morgan fingerprint density at radius 1 is 1.18 bits per heavy atom. The number of nitrogens with one attached hydrogen (secondary N) is 1. The van der Waals surface area contributed by atoms with Crippen LogP contribution in [0, 0.1) is 0 Å². The number of hydrogen-bond acceptors (Lipinski definition) is 3. The monoisotopic (exact) mass is 401 g/mol. The first-order valence-electron chi connectivity index (χ1n) is 9.76. The maximum absolute atomic E-state index is 12.6. The summed E-state index contributed by atoms with van der Waals surface area (Å²) in [7, 11) is -3.79. The lowest BCUT2D eigenvalue weighted by Gasteiger charge is -2.23. The lowest BCUT2D eigenvalue weighted by Crippen LogP contribution is -2.36. The van der Waals surface area contributed by atoms with Gasteiger partial charge in [0.2, 0.25) is 0 Å². The maximum atomic E-state index is 12.6. The van der Waals surface area contributed by atoms with E-state index in [0.717, 1.165) is 29.1 Å². The van der Waals surface area contributed by atoms with Gasteiger partial charge in [-0.05, 0) is 51.0 Å². The Kier molecular flexibility index (Phi) is 6.67. The van der Waals surface area contributed by atoms with Gasteiger partial charge in [-0.25, -0.2) is 0 Å². The first-order chi connectivity index (χ1) is 13.5. The van der Waals surface area contributed by atoms with Crippen LogP contribution in [0.25, 0.3) is 0 Å². The molecule has 7 heteroatoms. The molecular weight excluding hydrogens is 374 g/mol.